The lowest BCUT2D eigenvalue weighted by Gasteiger charge is -2.08. The van der Waals surface area contributed by atoms with E-state index < -0.39 is 11.9 Å². The van der Waals surface area contributed by atoms with Crippen LogP contribution in [0.25, 0.3) is 0 Å². The second-order valence-corrected chi connectivity index (χ2v) is 7.25. The number of rotatable bonds is 7. The lowest BCUT2D eigenvalue weighted by atomic mass is 10.1. The summed E-state index contributed by atoms with van der Waals surface area (Å²) in [5.74, 6) is 0.0246. The SMILES string of the molecule is Cc1cccc(C(=O)Oc2ccc(Br)cc2/C=N\NC(=O)COc2ccccc2)c1. The molecule has 0 saturated carbocycles. The van der Waals surface area contributed by atoms with Gasteiger partial charge in [0.2, 0.25) is 0 Å². The molecule has 0 saturated heterocycles. The first-order valence-corrected chi connectivity index (χ1v) is 9.89. The Bertz CT molecular complexity index is 1070. The highest BCUT2D eigenvalue weighted by molar-refractivity contribution is 9.10. The number of halogens is 1. The number of nitrogens with one attached hydrogen (secondary N) is 1. The number of hydrazone groups is 1. The van der Waals surface area contributed by atoms with Crippen molar-refractivity contribution in [2.75, 3.05) is 6.61 Å². The number of amides is 1. The maximum Gasteiger partial charge on any atom is 0.343 e. The molecule has 0 aliphatic rings. The number of nitrogens with zero attached hydrogens (tertiary/aromatic N) is 1. The van der Waals surface area contributed by atoms with E-state index in [9.17, 15) is 9.59 Å². The van der Waals surface area contributed by atoms with Crippen LogP contribution in [-0.4, -0.2) is 24.7 Å². The van der Waals surface area contributed by atoms with Gasteiger partial charge in [0.1, 0.15) is 11.5 Å². The van der Waals surface area contributed by atoms with E-state index in [0.29, 0.717) is 22.6 Å². The Morgan fingerprint density at radius 2 is 1.83 bits per heavy atom. The molecule has 0 spiro atoms. The molecule has 0 aromatic heterocycles. The molecule has 0 atom stereocenters. The van der Waals surface area contributed by atoms with Crippen LogP contribution in [0.5, 0.6) is 11.5 Å². The zero-order valence-electron chi connectivity index (χ0n) is 16.2. The number of benzene rings is 3. The number of hydrogen-bond donors (Lipinski definition) is 1. The van der Waals surface area contributed by atoms with Gasteiger partial charge in [-0.25, -0.2) is 10.2 Å². The van der Waals surface area contributed by atoms with Gasteiger partial charge in [-0.3, -0.25) is 4.79 Å². The van der Waals surface area contributed by atoms with E-state index in [1.165, 1.54) is 6.21 Å². The van der Waals surface area contributed by atoms with E-state index >= 15 is 0 Å². The predicted molar refractivity (Wildman–Crippen MR) is 118 cm³/mol. The van der Waals surface area contributed by atoms with Gasteiger partial charge in [-0.1, -0.05) is 51.8 Å². The van der Waals surface area contributed by atoms with Crippen LogP contribution >= 0.6 is 15.9 Å². The second kappa shape index (κ2) is 10.4. The van der Waals surface area contributed by atoms with Crippen LogP contribution in [0.4, 0.5) is 0 Å². The zero-order chi connectivity index (χ0) is 21.3. The Morgan fingerprint density at radius 3 is 2.60 bits per heavy atom. The molecule has 30 heavy (non-hydrogen) atoms. The molecule has 0 unspecified atom stereocenters. The number of aryl methyl sites for hydroxylation is 1. The molecule has 3 aromatic carbocycles. The van der Waals surface area contributed by atoms with Gasteiger partial charge in [0, 0.05) is 10.0 Å². The van der Waals surface area contributed by atoms with Gasteiger partial charge in [-0.05, 0) is 49.4 Å². The van der Waals surface area contributed by atoms with E-state index in [0.717, 1.165) is 10.0 Å². The number of carbonyl (C=O) groups excluding carboxylic acids is 2. The number of esters is 1. The second-order valence-electron chi connectivity index (χ2n) is 6.34. The number of para-hydroxylation sites is 1. The third kappa shape index (κ3) is 6.28. The van der Waals surface area contributed by atoms with E-state index in [4.69, 9.17) is 9.47 Å². The quantitative estimate of drug-likeness (QED) is 0.240. The molecule has 0 heterocycles. The van der Waals surface area contributed by atoms with Crippen LogP contribution in [-0.2, 0) is 4.79 Å². The van der Waals surface area contributed by atoms with Crippen molar-refractivity contribution >= 4 is 34.0 Å². The summed E-state index contributed by atoms with van der Waals surface area (Å²) in [7, 11) is 0. The average molecular weight is 467 g/mol. The number of carbonyl (C=O) groups is 2. The molecule has 0 aliphatic carbocycles. The number of ether oxygens (including phenoxy) is 2. The van der Waals surface area contributed by atoms with Crippen molar-refractivity contribution in [2.45, 2.75) is 6.92 Å². The maximum atomic E-state index is 12.4. The summed E-state index contributed by atoms with van der Waals surface area (Å²) in [6, 6.07) is 21.3. The van der Waals surface area contributed by atoms with Crippen molar-refractivity contribution < 1.29 is 19.1 Å². The van der Waals surface area contributed by atoms with Crippen molar-refractivity contribution in [3.8, 4) is 11.5 Å². The zero-order valence-corrected chi connectivity index (χ0v) is 17.8. The minimum absolute atomic E-state index is 0.172. The first-order valence-electron chi connectivity index (χ1n) is 9.09. The van der Waals surface area contributed by atoms with Crippen molar-refractivity contribution in [3.63, 3.8) is 0 Å². The third-order valence-electron chi connectivity index (χ3n) is 3.93. The molecule has 3 rings (SSSR count). The van der Waals surface area contributed by atoms with E-state index in [2.05, 4.69) is 26.5 Å². The first kappa shape index (κ1) is 21.3. The fraction of sp³-hybridized carbons (Fsp3) is 0.0870. The Labute approximate surface area is 182 Å². The van der Waals surface area contributed by atoms with Crippen LogP contribution in [0, 0.1) is 6.92 Å². The van der Waals surface area contributed by atoms with Crippen molar-refractivity contribution in [2.24, 2.45) is 5.10 Å². The third-order valence-corrected chi connectivity index (χ3v) is 4.43. The Hall–Kier alpha value is -3.45. The van der Waals surface area contributed by atoms with Crippen LogP contribution < -0.4 is 14.9 Å². The van der Waals surface area contributed by atoms with E-state index in [1.807, 2.05) is 31.2 Å². The minimum Gasteiger partial charge on any atom is -0.484 e. The average Bonchev–Trinajstić information content (AvgIpc) is 2.75. The van der Waals surface area contributed by atoms with Crippen LogP contribution in [0.3, 0.4) is 0 Å². The lowest BCUT2D eigenvalue weighted by molar-refractivity contribution is -0.123. The molecule has 0 bridgehead atoms. The summed E-state index contributed by atoms with van der Waals surface area (Å²) in [5.41, 5.74) is 4.32. The molecule has 1 N–H and O–H groups in total. The fourth-order valence-electron chi connectivity index (χ4n) is 2.52. The van der Waals surface area contributed by atoms with E-state index in [1.54, 1.807) is 48.5 Å². The minimum atomic E-state index is -0.476. The summed E-state index contributed by atoms with van der Waals surface area (Å²) < 4.78 is 11.7. The van der Waals surface area contributed by atoms with Crippen LogP contribution in [0.15, 0.2) is 82.4 Å². The highest BCUT2D eigenvalue weighted by Crippen LogP contribution is 2.23. The summed E-state index contributed by atoms with van der Waals surface area (Å²) in [5, 5.41) is 3.93. The Kier molecular flexibility index (Phi) is 7.34. The number of hydrogen-bond acceptors (Lipinski definition) is 5. The van der Waals surface area contributed by atoms with Gasteiger partial charge < -0.3 is 9.47 Å². The lowest BCUT2D eigenvalue weighted by Crippen LogP contribution is -2.24. The van der Waals surface area contributed by atoms with Crippen LogP contribution in [0.1, 0.15) is 21.5 Å². The molecular weight excluding hydrogens is 448 g/mol. The molecule has 3 aromatic rings. The molecule has 152 valence electrons. The molecule has 1 amide bonds. The van der Waals surface area contributed by atoms with Gasteiger partial charge in [-0.2, -0.15) is 5.10 Å². The molecule has 0 radical (unpaired) electrons. The summed E-state index contributed by atoms with van der Waals surface area (Å²) in [4.78, 5) is 24.3. The largest absolute Gasteiger partial charge is 0.484 e. The molecule has 7 heteroatoms. The fourth-order valence-corrected chi connectivity index (χ4v) is 2.89. The topological polar surface area (TPSA) is 77.0 Å². The van der Waals surface area contributed by atoms with Crippen LogP contribution in [0.2, 0.25) is 0 Å². The summed E-state index contributed by atoms with van der Waals surface area (Å²) in [6.45, 7) is 1.73. The highest BCUT2D eigenvalue weighted by Gasteiger charge is 2.12. The van der Waals surface area contributed by atoms with Gasteiger partial charge in [0.15, 0.2) is 6.61 Å². The summed E-state index contributed by atoms with van der Waals surface area (Å²) >= 11 is 3.38. The standard InChI is InChI=1S/C23H19BrN2O4/c1-16-6-5-7-17(12-16)23(28)30-21-11-10-19(24)13-18(21)14-25-26-22(27)15-29-20-8-3-2-4-9-20/h2-14H,15H2,1H3,(H,26,27)/b25-14-. The Balaban J connectivity index is 1.63. The molecule has 6 nitrogen and oxygen atoms in total. The van der Waals surface area contributed by atoms with Crippen molar-refractivity contribution in [1.29, 1.82) is 0 Å². The Morgan fingerprint density at radius 1 is 1.03 bits per heavy atom. The van der Waals surface area contributed by atoms with Crippen molar-refractivity contribution in [1.82, 2.24) is 5.43 Å². The normalized spacial score (nSPS) is 10.6. The molecule has 0 fully saturated rings. The highest BCUT2D eigenvalue weighted by atomic mass is 79.9. The predicted octanol–water partition coefficient (Wildman–Crippen LogP) is 4.51. The maximum absolute atomic E-state index is 12.4. The van der Waals surface area contributed by atoms with Crippen molar-refractivity contribution in [3.05, 3.63) is 94.0 Å². The van der Waals surface area contributed by atoms with Gasteiger partial charge in [0.25, 0.3) is 5.91 Å². The molecule has 0 aliphatic heterocycles. The van der Waals surface area contributed by atoms with Gasteiger partial charge in [0.05, 0.1) is 11.8 Å². The monoisotopic (exact) mass is 466 g/mol. The molecular formula is C23H19BrN2O4. The van der Waals surface area contributed by atoms with Gasteiger partial charge >= 0.3 is 5.97 Å². The van der Waals surface area contributed by atoms with Gasteiger partial charge in [-0.15, -0.1) is 0 Å². The smallest absolute Gasteiger partial charge is 0.343 e. The van der Waals surface area contributed by atoms with E-state index in [-0.39, 0.29) is 6.61 Å². The first-order chi connectivity index (χ1) is 14.5. The summed E-state index contributed by atoms with van der Waals surface area (Å²) in [6.07, 6.45) is 1.41.